The van der Waals surface area contributed by atoms with E-state index in [1.807, 2.05) is 0 Å². The van der Waals surface area contributed by atoms with Gasteiger partial charge < -0.3 is 11.1 Å². The number of nitrogens with two attached hydrogens (primary N) is 1. The van der Waals surface area contributed by atoms with Gasteiger partial charge in [-0.15, -0.1) is 0 Å². The van der Waals surface area contributed by atoms with E-state index in [1.165, 1.54) is 25.7 Å². The van der Waals surface area contributed by atoms with Crippen LogP contribution in [-0.2, 0) is 4.79 Å². The SMILES string of the molecule is CC(C)CC(CN)C(=O)NCCC1CCC(C)CC1. The lowest BCUT2D eigenvalue weighted by molar-refractivity contribution is -0.125. The smallest absolute Gasteiger partial charge is 0.224 e. The summed E-state index contributed by atoms with van der Waals surface area (Å²) in [6, 6.07) is 0. The molecule has 1 fully saturated rings. The molecule has 1 rings (SSSR count). The van der Waals surface area contributed by atoms with Crippen molar-refractivity contribution in [3.05, 3.63) is 0 Å². The molecule has 19 heavy (non-hydrogen) atoms. The molecule has 0 aromatic heterocycles. The van der Waals surface area contributed by atoms with Crippen LogP contribution >= 0.6 is 0 Å². The number of rotatable bonds is 7. The Morgan fingerprint density at radius 1 is 1.26 bits per heavy atom. The maximum Gasteiger partial charge on any atom is 0.224 e. The zero-order chi connectivity index (χ0) is 14.3. The minimum Gasteiger partial charge on any atom is -0.356 e. The highest BCUT2D eigenvalue weighted by Gasteiger charge is 2.20. The van der Waals surface area contributed by atoms with E-state index < -0.39 is 0 Å². The molecular weight excluding hydrogens is 236 g/mol. The Labute approximate surface area is 118 Å². The molecule has 1 aliphatic rings. The summed E-state index contributed by atoms with van der Waals surface area (Å²) in [6.07, 6.45) is 7.42. The van der Waals surface area contributed by atoms with Crippen LogP contribution in [0.5, 0.6) is 0 Å². The Morgan fingerprint density at radius 3 is 2.42 bits per heavy atom. The molecule has 0 radical (unpaired) electrons. The first-order valence-electron chi connectivity index (χ1n) is 8.00. The average Bonchev–Trinajstić information content (AvgIpc) is 2.38. The van der Waals surface area contributed by atoms with Crippen LogP contribution in [0.2, 0.25) is 0 Å². The van der Waals surface area contributed by atoms with Gasteiger partial charge in [0.05, 0.1) is 5.92 Å². The van der Waals surface area contributed by atoms with Crippen molar-refractivity contribution in [3.8, 4) is 0 Å². The van der Waals surface area contributed by atoms with Crippen molar-refractivity contribution in [2.45, 2.75) is 59.3 Å². The second-order valence-corrected chi connectivity index (χ2v) is 6.77. The lowest BCUT2D eigenvalue weighted by Crippen LogP contribution is -2.36. The highest BCUT2D eigenvalue weighted by atomic mass is 16.1. The minimum atomic E-state index is -0.00798. The molecule has 1 aliphatic carbocycles. The van der Waals surface area contributed by atoms with Gasteiger partial charge in [0.25, 0.3) is 0 Å². The van der Waals surface area contributed by atoms with Gasteiger partial charge in [0.15, 0.2) is 0 Å². The molecule has 112 valence electrons. The Bertz CT molecular complexity index is 257. The van der Waals surface area contributed by atoms with Gasteiger partial charge in [-0.2, -0.15) is 0 Å². The van der Waals surface area contributed by atoms with Gasteiger partial charge in [0.2, 0.25) is 5.91 Å². The molecule has 3 N–H and O–H groups in total. The summed E-state index contributed by atoms with van der Waals surface area (Å²) < 4.78 is 0. The van der Waals surface area contributed by atoms with Gasteiger partial charge >= 0.3 is 0 Å². The van der Waals surface area contributed by atoms with E-state index in [4.69, 9.17) is 5.73 Å². The van der Waals surface area contributed by atoms with Crippen LogP contribution in [0.25, 0.3) is 0 Å². The summed E-state index contributed by atoms with van der Waals surface area (Å²) in [7, 11) is 0. The molecule has 3 heteroatoms. The predicted octanol–water partition coefficient (Wildman–Crippen LogP) is 2.94. The third-order valence-electron chi connectivity index (χ3n) is 4.40. The van der Waals surface area contributed by atoms with E-state index in [0.717, 1.165) is 31.2 Å². The van der Waals surface area contributed by atoms with E-state index in [0.29, 0.717) is 12.5 Å². The number of amides is 1. The van der Waals surface area contributed by atoms with Crippen molar-refractivity contribution < 1.29 is 4.79 Å². The molecule has 0 aliphatic heterocycles. The largest absolute Gasteiger partial charge is 0.356 e. The van der Waals surface area contributed by atoms with Gasteiger partial charge in [0.1, 0.15) is 0 Å². The Kier molecular flexibility index (Phi) is 7.44. The van der Waals surface area contributed by atoms with E-state index in [1.54, 1.807) is 0 Å². The van der Waals surface area contributed by atoms with Crippen molar-refractivity contribution in [3.63, 3.8) is 0 Å². The second-order valence-electron chi connectivity index (χ2n) is 6.77. The van der Waals surface area contributed by atoms with Crippen molar-refractivity contribution in [1.82, 2.24) is 5.32 Å². The maximum absolute atomic E-state index is 12.0. The van der Waals surface area contributed by atoms with Crippen molar-refractivity contribution in [1.29, 1.82) is 0 Å². The van der Waals surface area contributed by atoms with Crippen LogP contribution in [0.1, 0.15) is 59.3 Å². The highest BCUT2D eigenvalue weighted by Crippen LogP contribution is 2.29. The lowest BCUT2D eigenvalue weighted by Gasteiger charge is -2.26. The number of nitrogens with one attached hydrogen (secondary N) is 1. The minimum absolute atomic E-state index is 0.00798. The van der Waals surface area contributed by atoms with Gasteiger partial charge in [-0.3, -0.25) is 4.79 Å². The zero-order valence-corrected chi connectivity index (χ0v) is 13.0. The third-order valence-corrected chi connectivity index (χ3v) is 4.40. The third kappa shape index (κ3) is 6.42. The highest BCUT2D eigenvalue weighted by molar-refractivity contribution is 5.78. The topological polar surface area (TPSA) is 55.1 Å². The fourth-order valence-electron chi connectivity index (χ4n) is 3.04. The van der Waals surface area contributed by atoms with Crippen LogP contribution in [0, 0.1) is 23.7 Å². The quantitative estimate of drug-likeness (QED) is 0.746. The van der Waals surface area contributed by atoms with Gasteiger partial charge in [-0.05, 0) is 30.6 Å². The monoisotopic (exact) mass is 268 g/mol. The normalized spacial score (nSPS) is 25.3. The molecule has 3 nitrogen and oxygen atoms in total. The summed E-state index contributed by atoms with van der Waals surface area (Å²) in [4.78, 5) is 12.0. The molecule has 0 spiro atoms. The molecule has 0 saturated heterocycles. The van der Waals surface area contributed by atoms with E-state index in [2.05, 4.69) is 26.1 Å². The summed E-state index contributed by atoms with van der Waals surface area (Å²) in [5, 5.41) is 3.08. The molecule has 1 saturated carbocycles. The Balaban J connectivity index is 2.18. The molecule has 1 amide bonds. The zero-order valence-electron chi connectivity index (χ0n) is 13.0. The number of hydrogen-bond acceptors (Lipinski definition) is 2. The van der Waals surface area contributed by atoms with E-state index >= 15 is 0 Å². The fraction of sp³-hybridized carbons (Fsp3) is 0.938. The van der Waals surface area contributed by atoms with Crippen LogP contribution in [0.15, 0.2) is 0 Å². The van der Waals surface area contributed by atoms with E-state index in [9.17, 15) is 4.79 Å². The summed E-state index contributed by atoms with van der Waals surface area (Å²) in [6.45, 7) is 7.91. The first-order valence-corrected chi connectivity index (χ1v) is 8.00. The average molecular weight is 268 g/mol. The summed E-state index contributed by atoms with van der Waals surface area (Å²) >= 11 is 0. The molecule has 0 aromatic rings. The maximum atomic E-state index is 12.0. The summed E-state index contributed by atoms with van der Waals surface area (Å²) in [5.41, 5.74) is 5.69. The molecule has 0 bridgehead atoms. The van der Waals surface area contributed by atoms with Crippen LogP contribution < -0.4 is 11.1 Å². The lowest BCUT2D eigenvalue weighted by atomic mass is 9.81. The van der Waals surface area contributed by atoms with E-state index in [-0.39, 0.29) is 11.8 Å². The number of carbonyl (C=O) groups excluding carboxylic acids is 1. The number of carbonyl (C=O) groups is 1. The molecule has 0 heterocycles. The Morgan fingerprint density at radius 2 is 1.89 bits per heavy atom. The molecule has 0 aromatic carbocycles. The van der Waals surface area contributed by atoms with Crippen molar-refractivity contribution in [2.75, 3.05) is 13.1 Å². The second kappa shape index (κ2) is 8.57. The molecule has 1 atom stereocenters. The molecular formula is C16H32N2O. The van der Waals surface area contributed by atoms with Crippen LogP contribution in [0.3, 0.4) is 0 Å². The first kappa shape index (κ1) is 16.5. The standard InChI is InChI=1S/C16H32N2O/c1-12(2)10-15(11-17)16(19)18-9-8-14-6-4-13(3)5-7-14/h12-15H,4-11,17H2,1-3H3,(H,18,19). The Hall–Kier alpha value is -0.570. The fourth-order valence-corrected chi connectivity index (χ4v) is 3.04. The number of hydrogen-bond donors (Lipinski definition) is 2. The van der Waals surface area contributed by atoms with Gasteiger partial charge in [-0.1, -0.05) is 46.5 Å². The first-order chi connectivity index (χ1) is 9.02. The molecule has 1 unspecified atom stereocenters. The van der Waals surface area contributed by atoms with Gasteiger partial charge in [0, 0.05) is 13.1 Å². The summed E-state index contributed by atoms with van der Waals surface area (Å²) in [5.74, 6) is 2.39. The van der Waals surface area contributed by atoms with Crippen LogP contribution in [-0.4, -0.2) is 19.0 Å². The van der Waals surface area contributed by atoms with Crippen molar-refractivity contribution >= 4 is 5.91 Å². The van der Waals surface area contributed by atoms with Gasteiger partial charge in [-0.25, -0.2) is 0 Å². The predicted molar refractivity (Wildman–Crippen MR) is 80.7 cm³/mol. The van der Waals surface area contributed by atoms with Crippen LogP contribution in [0.4, 0.5) is 0 Å². The van der Waals surface area contributed by atoms with Crippen molar-refractivity contribution in [2.24, 2.45) is 29.4 Å².